The number of halogens is 1. The van der Waals surface area contributed by atoms with Crippen molar-refractivity contribution in [2.24, 2.45) is 0 Å². The van der Waals surface area contributed by atoms with E-state index in [-0.39, 0.29) is 17.5 Å². The first-order chi connectivity index (χ1) is 11.5. The zero-order valence-corrected chi connectivity index (χ0v) is 13.7. The van der Waals surface area contributed by atoms with E-state index >= 15 is 0 Å². The van der Waals surface area contributed by atoms with Gasteiger partial charge in [0.15, 0.2) is 0 Å². The summed E-state index contributed by atoms with van der Waals surface area (Å²) in [6.45, 7) is 0.462. The van der Waals surface area contributed by atoms with Gasteiger partial charge in [-0.1, -0.05) is 0 Å². The average Bonchev–Trinajstić information content (AvgIpc) is 2.57. The number of carbonyl (C=O) groups excluding carboxylic acids is 1. The first-order valence-corrected chi connectivity index (χ1v) is 9.24. The Labute approximate surface area is 140 Å². The van der Waals surface area contributed by atoms with Gasteiger partial charge in [0.05, 0.1) is 11.4 Å². The Morgan fingerprint density at radius 2 is 1.67 bits per heavy atom. The summed E-state index contributed by atoms with van der Waals surface area (Å²) < 4.78 is 38.4. The van der Waals surface area contributed by atoms with Crippen molar-refractivity contribution in [3.8, 4) is 0 Å². The lowest BCUT2D eigenvalue weighted by Gasteiger charge is -2.28. The Morgan fingerprint density at radius 1 is 1.00 bits per heavy atom. The molecule has 1 aliphatic heterocycles. The molecule has 126 valence electrons. The van der Waals surface area contributed by atoms with Crippen LogP contribution in [0.3, 0.4) is 0 Å². The molecule has 0 atom stereocenters. The number of anilines is 2. The summed E-state index contributed by atoms with van der Waals surface area (Å²) in [4.78, 5) is 12.2. The van der Waals surface area contributed by atoms with Gasteiger partial charge in [-0.05, 0) is 61.4 Å². The van der Waals surface area contributed by atoms with Crippen LogP contribution in [0.5, 0.6) is 0 Å². The Kier molecular flexibility index (Phi) is 4.53. The molecule has 0 aliphatic carbocycles. The van der Waals surface area contributed by atoms with Gasteiger partial charge in [-0.2, -0.15) is 0 Å². The zero-order chi connectivity index (χ0) is 17.2. The molecule has 1 heterocycles. The number of nitrogens with zero attached hydrogens (tertiary/aromatic N) is 1. The third-order valence-corrected chi connectivity index (χ3v) is 5.74. The van der Waals surface area contributed by atoms with Crippen LogP contribution in [0, 0.1) is 5.82 Å². The van der Waals surface area contributed by atoms with Crippen LogP contribution in [0.25, 0.3) is 0 Å². The van der Waals surface area contributed by atoms with Gasteiger partial charge in [-0.15, -0.1) is 0 Å². The van der Waals surface area contributed by atoms with Crippen LogP contribution in [0.4, 0.5) is 15.8 Å². The van der Waals surface area contributed by atoms with E-state index in [1.807, 2.05) is 0 Å². The van der Waals surface area contributed by atoms with Crippen molar-refractivity contribution in [2.45, 2.75) is 12.8 Å². The maximum Gasteiger partial charge on any atom is 0.255 e. The average molecular weight is 348 g/mol. The molecule has 0 spiro atoms. The first-order valence-electron chi connectivity index (χ1n) is 7.63. The van der Waals surface area contributed by atoms with Gasteiger partial charge in [0.25, 0.3) is 5.91 Å². The molecule has 0 radical (unpaired) electrons. The van der Waals surface area contributed by atoms with Crippen LogP contribution < -0.4 is 9.62 Å². The third-order valence-electron chi connectivity index (χ3n) is 3.87. The highest BCUT2D eigenvalue weighted by Crippen LogP contribution is 2.24. The summed E-state index contributed by atoms with van der Waals surface area (Å²) in [6.07, 6.45) is 1.50. The van der Waals surface area contributed by atoms with Crippen molar-refractivity contribution in [3.05, 3.63) is 59.9 Å². The summed E-state index contributed by atoms with van der Waals surface area (Å²) in [6, 6.07) is 11.9. The molecule has 1 fully saturated rings. The van der Waals surface area contributed by atoms with Gasteiger partial charge in [0.1, 0.15) is 5.82 Å². The third kappa shape index (κ3) is 3.56. The standard InChI is InChI=1S/C17H17FN2O3S/c18-14-5-7-15(8-6-14)19-17(21)13-3-9-16(10-4-13)20-11-1-2-12-24(20,22)23/h3-10H,1-2,11-12H2,(H,19,21). The molecule has 2 aromatic carbocycles. The van der Waals surface area contributed by atoms with Crippen LogP contribution >= 0.6 is 0 Å². The highest BCUT2D eigenvalue weighted by atomic mass is 32.2. The molecule has 1 aliphatic rings. The maximum absolute atomic E-state index is 12.9. The van der Waals surface area contributed by atoms with E-state index in [2.05, 4.69) is 5.32 Å². The Hall–Kier alpha value is -2.41. The van der Waals surface area contributed by atoms with Crippen molar-refractivity contribution in [1.82, 2.24) is 0 Å². The minimum absolute atomic E-state index is 0.153. The van der Waals surface area contributed by atoms with Crippen molar-refractivity contribution in [3.63, 3.8) is 0 Å². The minimum atomic E-state index is -3.27. The molecule has 3 rings (SSSR count). The van der Waals surface area contributed by atoms with Gasteiger partial charge in [0, 0.05) is 17.8 Å². The van der Waals surface area contributed by atoms with Crippen molar-refractivity contribution >= 4 is 27.3 Å². The molecule has 1 saturated heterocycles. The summed E-state index contributed by atoms with van der Waals surface area (Å²) >= 11 is 0. The van der Waals surface area contributed by atoms with Crippen LogP contribution in [-0.2, 0) is 10.0 Å². The molecule has 1 amide bonds. The van der Waals surface area contributed by atoms with E-state index in [4.69, 9.17) is 0 Å². The molecular weight excluding hydrogens is 331 g/mol. The van der Waals surface area contributed by atoms with Crippen molar-refractivity contribution < 1.29 is 17.6 Å². The molecule has 1 N–H and O–H groups in total. The number of rotatable bonds is 3. The highest BCUT2D eigenvalue weighted by molar-refractivity contribution is 7.92. The van der Waals surface area contributed by atoms with Gasteiger partial charge in [0.2, 0.25) is 10.0 Å². The van der Waals surface area contributed by atoms with Crippen LogP contribution in [0.15, 0.2) is 48.5 Å². The van der Waals surface area contributed by atoms with E-state index in [1.165, 1.54) is 28.6 Å². The lowest BCUT2D eigenvalue weighted by Crippen LogP contribution is -2.37. The van der Waals surface area contributed by atoms with Gasteiger partial charge >= 0.3 is 0 Å². The number of hydrogen-bond acceptors (Lipinski definition) is 3. The second-order valence-electron chi connectivity index (χ2n) is 5.60. The van der Waals surface area contributed by atoms with Crippen LogP contribution in [0.1, 0.15) is 23.2 Å². The SMILES string of the molecule is O=C(Nc1ccc(F)cc1)c1ccc(N2CCCCS2(=O)=O)cc1. The molecule has 7 heteroatoms. The topological polar surface area (TPSA) is 66.5 Å². The predicted octanol–water partition coefficient (Wildman–Crippen LogP) is 3.01. The second kappa shape index (κ2) is 6.60. The van der Waals surface area contributed by atoms with Crippen LogP contribution in [0.2, 0.25) is 0 Å². The number of amides is 1. The van der Waals surface area contributed by atoms with Gasteiger partial charge in [-0.3, -0.25) is 9.10 Å². The van der Waals surface area contributed by atoms with E-state index in [9.17, 15) is 17.6 Å². The molecule has 24 heavy (non-hydrogen) atoms. The summed E-state index contributed by atoms with van der Waals surface area (Å²) in [5.74, 6) is -0.561. The number of nitrogens with one attached hydrogen (secondary N) is 1. The van der Waals surface area contributed by atoms with E-state index < -0.39 is 10.0 Å². The Bertz CT molecular complexity index is 833. The fraction of sp³-hybridized carbons (Fsp3) is 0.235. The monoisotopic (exact) mass is 348 g/mol. The lowest BCUT2D eigenvalue weighted by molar-refractivity contribution is 0.102. The van der Waals surface area contributed by atoms with Crippen molar-refractivity contribution in [2.75, 3.05) is 21.9 Å². The Balaban J connectivity index is 1.74. The first kappa shape index (κ1) is 16.4. The smallest absolute Gasteiger partial charge is 0.255 e. The number of hydrogen-bond donors (Lipinski definition) is 1. The van der Waals surface area contributed by atoms with Crippen molar-refractivity contribution in [1.29, 1.82) is 0 Å². The number of carbonyl (C=O) groups is 1. The van der Waals surface area contributed by atoms with Gasteiger partial charge < -0.3 is 5.32 Å². The summed E-state index contributed by atoms with van der Waals surface area (Å²) in [7, 11) is -3.27. The second-order valence-corrected chi connectivity index (χ2v) is 7.62. The number of sulfonamides is 1. The Morgan fingerprint density at radius 3 is 2.29 bits per heavy atom. The molecule has 5 nitrogen and oxygen atoms in total. The quantitative estimate of drug-likeness (QED) is 0.927. The summed E-state index contributed by atoms with van der Waals surface area (Å²) in [5, 5.41) is 2.66. The minimum Gasteiger partial charge on any atom is -0.322 e. The molecule has 0 saturated carbocycles. The maximum atomic E-state index is 12.9. The predicted molar refractivity (Wildman–Crippen MR) is 91.2 cm³/mol. The molecule has 2 aromatic rings. The summed E-state index contributed by atoms with van der Waals surface area (Å²) in [5.41, 5.74) is 1.45. The lowest BCUT2D eigenvalue weighted by atomic mass is 10.2. The fourth-order valence-corrected chi connectivity index (χ4v) is 4.23. The number of benzene rings is 2. The normalized spacial score (nSPS) is 16.6. The van der Waals surface area contributed by atoms with E-state index in [0.29, 0.717) is 29.9 Å². The van der Waals surface area contributed by atoms with Crippen LogP contribution in [-0.4, -0.2) is 26.6 Å². The highest BCUT2D eigenvalue weighted by Gasteiger charge is 2.25. The largest absolute Gasteiger partial charge is 0.322 e. The molecule has 0 bridgehead atoms. The molecule has 0 unspecified atom stereocenters. The van der Waals surface area contributed by atoms with E-state index in [1.54, 1.807) is 24.3 Å². The van der Waals surface area contributed by atoms with Gasteiger partial charge in [-0.25, -0.2) is 12.8 Å². The molecule has 0 aromatic heterocycles. The molecular formula is C17H17FN2O3S. The zero-order valence-electron chi connectivity index (χ0n) is 12.9. The fourth-order valence-electron chi connectivity index (χ4n) is 2.59. The van der Waals surface area contributed by atoms with E-state index in [0.717, 1.165) is 6.42 Å².